The van der Waals surface area contributed by atoms with Crippen LogP contribution in [-0.4, -0.2) is 41.1 Å². The largest absolute Gasteiger partial charge is 0.465 e. The van der Waals surface area contributed by atoms with E-state index in [-0.39, 0.29) is 41.3 Å². The molecule has 9 nitrogen and oxygen atoms in total. The summed E-state index contributed by atoms with van der Waals surface area (Å²) in [4.78, 5) is 39.0. The highest BCUT2D eigenvalue weighted by Gasteiger charge is 2.53. The second-order valence-electron chi connectivity index (χ2n) is 6.90. The molecule has 2 heterocycles. The molecule has 1 saturated heterocycles. The van der Waals surface area contributed by atoms with Crippen molar-refractivity contribution in [1.82, 2.24) is 4.98 Å². The van der Waals surface area contributed by atoms with E-state index in [9.17, 15) is 19.8 Å². The van der Waals surface area contributed by atoms with E-state index in [2.05, 4.69) is 4.98 Å². The number of pyridine rings is 1. The molecule has 0 unspecified atom stereocenters. The summed E-state index contributed by atoms with van der Waals surface area (Å²) >= 11 is 0. The number of aryl methyl sites for hydroxylation is 2. The highest BCUT2D eigenvalue weighted by molar-refractivity contribution is 7.69. The Bertz CT molecular complexity index is 971. The summed E-state index contributed by atoms with van der Waals surface area (Å²) in [6, 6.07) is 5.82. The topological polar surface area (TPSA) is 121 Å². The lowest BCUT2D eigenvalue weighted by atomic mass is 9.97. The molecule has 0 bridgehead atoms. The van der Waals surface area contributed by atoms with Gasteiger partial charge in [-0.1, -0.05) is 19.1 Å². The third kappa shape index (κ3) is 4.00. The van der Waals surface area contributed by atoms with Gasteiger partial charge in [0.1, 0.15) is 13.2 Å². The summed E-state index contributed by atoms with van der Waals surface area (Å²) in [6.07, 6.45) is 0. The summed E-state index contributed by atoms with van der Waals surface area (Å²) in [5, 5.41) is 11.5. The van der Waals surface area contributed by atoms with Crippen LogP contribution in [0.5, 0.6) is 0 Å². The van der Waals surface area contributed by atoms with Gasteiger partial charge in [-0.2, -0.15) is 13.9 Å². The Balaban J connectivity index is 2.35. The van der Waals surface area contributed by atoms with Gasteiger partial charge < -0.3 is 4.74 Å². The number of hydrogen-bond donors (Lipinski definition) is 1. The molecule has 10 heteroatoms. The summed E-state index contributed by atoms with van der Waals surface area (Å²) < 4.78 is 16.3. The number of aromatic nitrogens is 1. The fourth-order valence-corrected chi connectivity index (χ4v) is 5.49. The zero-order valence-corrected chi connectivity index (χ0v) is 17.4. The summed E-state index contributed by atoms with van der Waals surface area (Å²) in [6.45, 7) is 5.79. The Morgan fingerprint density at radius 2 is 1.97 bits per heavy atom. The van der Waals surface area contributed by atoms with Crippen molar-refractivity contribution < 1.29 is 28.4 Å². The lowest BCUT2D eigenvalue weighted by molar-refractivity contribution is -0.384. The molecule has 2 aromatic rings. The van der Waals surface area contributed by atoms with E-state index in [4.69, 9.17) is 13.8 Å². The molecule has 1 N–H and O–H groups in total. The number of methoxy groups -OCH3 is 1. The van der Waals surface area contributed by atoms with Gasteiger partial charge in [0, 0.05) is 18.1 Å². The SMILES string of the molecule is COC(=O)c1c(C)nc(C)c([P+]2(O)OCC(C)CO2)c1-c1cccc([N+](=O)[O-])c1. The van der Waals surface area contributed by atoms with Crippen molar-refractivity contribution in [3.63, 3.8) is 0 Å². The van der Waals surface area contributed by atoms with Gasteiger partial charge in [-0.05, 0) is 19.4 Å². The third-order valence-electron chi connectivity index (χ3n) is 4.61. The molecule has 1 aliphatic heterocycles. The normalized spacial score (nSPS) is 21.6. The molecular weight excluding hydrogens is 399 g/mol. The van der Waals surface area contributed by atoms with Crippen molar-refractivity contribution in [1.29, 1.82) is 0 Å². The number of nitro groups is 1. The van der Waals surface area contributed by atoms with E-state index < -0.39 is 18.8 Å². The minimum atomic E-state index is -3.57. The second kappa shape index (κ2) is 8.12. The minimum absolute atomic E-state index is 0.0929. The Hall–Kier alpha value is -2.45. The van der Waals surface area contributed by atoms with Gasteiger partial charge >= 0.3 is 13.9 Å². The van der Waals surface area contributed by atoms with Gasteiger partial charge in [0.15, 0.2) is 0 Å². The zero-order valence-electron chi connectivity index (χ0n) is 16.5. The number of nitrogens with zero attached hydrogens (tertiary/aromatic N) is 2. The molecule has 0 spiro atoms. The van der Waals surface area contributed by atoms with E-state index in [1.807, 2.05) is 6.92 Å². The van der Waals surface area contributed by atoms with Crippen LogP contribution in [0.1, 0.15) is 28.7 Å². The van der Waals surface area contributed by atoms with Crippen LogP contribution in [-0.2, 0) is 13.8 Å². The van der Waals surface area contributed by atoms with Crippen molar-refractivity contribution in [3.8, 4) is 11.1 Å². The molecule has 0 saturated carbocycles. The maximum Gasteiger partial charge on any atom is 0.448 e. The highest BCUT2D eigenvalue weighted by atomic mass is 31.2. The standard InChI is InChI=1S/C19H22N2O7P/c1-11-9-27-29(25,28-10-11)18-13(3)20-12(2)16(19(22)26-4)17(18)14-6-5-7-15(8-14)21(23)24/h5-8,11,25H,9-10H2,1-4H3/q+1. The van der Waals surface area contributed by atoms with Crippen LogP contribution in [0.4, 0.5) is 5.69 Å². The first-order valence-corrected chi connectivity index (χ1v) is 10.5. The summed E-state index contributed by atoms with van der Waals surface area (Å²) in [5.41, 5.74) is 1.38. The molecule has 29 heavy (non-hydrogen) atoms. The van der Waals surface area contributed by atoms with E-state index >= 15 is 0 Å². The number of nitro benzene ring substituents is 1. The summed E-state index contributed by atoms with van der Waals surface area (Å²) in [7, 11) is -2.34. The van der Waals surface area contributed by atoms with Crippen LogP contribution >= 0.6 is 7.94 Å². The fraction of sp³-hybridized carbons (Fsp3) is 0.368. The van der Waals surface area contributed by atoms with Crippen LogP contribution in [0.2, 0.25) is 0 Å². The highest BCUT2D eigenvalue weighted by Crippen LogP contribution is 2.60. The number of ether oxygens (including phenoxy) is 1. The molecule has 1 fully saturated rings. The smallest absolute Gasteiger partial charge is 0.448 e. The molecule has 3 rings (SSSR count). The average molecular weight is 421 g/mol. The molecule has 1 aromatic heterocycles. The molecule has 0 radical (unpaired) electrons. The van der Waals surface area contributed by atoms with Gasteiger partial charge in [0.25, 0.3) is 5.69 Å². The number of benzene rings is 1. The quantitative estimate of drug-likeness (QED) is 0.346. The first-order chi connectivity index (χ1) is 13.7. The number of carbonyl (C=O) groups is 1. The molecule has 0 aliphatic carbocycles. The van der Waals surface area contributed by atoms with Crippen LogP contribution in [0.25, 0.3) is 11.1 Å². The van der Waals surface area contributed by atoms with E-state index in [0.29, 0.717) is 17.0 Å². The first-order valence-electron chi connectivity index (χ1n) is 8.93. The minimum Gasteiger partial charge on any atom is -0.465 e. The fourth-order valence-electron chi connectivity index (χ4n) is 3.27. The predicted molar refractivity (Wildman–Crippen MR) is 107 cm³/mol. The lowest BCUT2D eigenvalue weighted by Crippen LogP contribution is -2.31. The van der Waals surface area contributed by atoms with Crippen molar-refractivity contribution in [2.24, 2.45) is 5.92 Å². The van der Waals surface area contributed by atoms with Crippen molar-refractivity contribution in [3.05, 3.63) is 51.3 Å². The number of non-ortho nitro benzene ring substituents is 1. The Kier molecular flexibility index (Phi) is 5.95. The van der Waals surface area contributed by atoms with Gasteiger partial charge in [-0.3, -0.25) is 15.1 Å². The monoisotopic (exact) mass is 421 g/mol. The molecule has 1 aliphatic rings. The Morgan fingerprint density at radius 3 is 2.55 bits per heavy atom. The lowest BCUT2D eigenvalue weighted by Gasteiger charge is -2.27. The number of rotatable bonds is 4. The average Bonchev–Trinajstić information content (AvgIpc) is 2.69. The van der Waals surface area contributed by atoms with Gasteiger partial charge in [-0.15, -0.1) is 0 Å². The first kappa shape index (κ1) is 21.3. The Morgan fingerprint density at radius 1 is 1.31 bits per heavy atom. The van der Waals surface area contributed by atoms with Crippen molar-refractivity contribution >= 4 is 24.9 Å². The van der Waals surface area contributed by atoms with E-state index in [0.717, 1.165) is 0 Å². The van der Waals surface area contributed by atoms with Gasteiger partial charge in [0.2, 0.25) is 5.30 Å². The predicted octanol–water partition coefficient (Wildman–Crippen LogP) is 3.12. The van der Waals surface area contributed by atoms with Crippen LogP contribution in [0, 0.1) is 29.9 Å². The van der Waals surface area contributed by atoms with Gasteiger partial charge in [0.05, 0.1) is 34.5 Å². The van der Waals surface area contributed by atoms with Crippen LogP contribution in [0.15, 0.2) is 24.3 Å². The molecule has 1 aromatic carbocycles. The summed E-state index contributed by atoms with van der Waals surface area (Å²) in [5.74, 6) is -0.579. The van der Waals surface area contributed by atoms with Crippen LogP contribution in [0.3, 0.4) is 0 Å². The molecule has 0 atom stereocenters. The molecule has 0 amide bonds. The maximum atomic E-state index is 12.6. The third-order valence-corrected chi connectivity index (χ3v) is 6.72. The Labute approximate surface area is 168 Å². The second-order valence-corrected chi connectivity index (χ2v) is 8.90. The number of hydrogen-bond acceptors (Lipinski definition) is 8. The van der Waals surface area contributed by atoms with Crippen molar-refractivity contribution in [2.45, 2.75) is 20.8 Å². The van der Waals surface area contributed by atoms with Gasteiger partial charge in [-0.25, -0.2) is 4.79 Å². The number of esters is 1. The maximum absolute atomic E-state index is 12.6. The molecule has 154 valence electrons. The van der Waals surface area contributed by atoms with E-state index in [1.165, 1.54) is 25.3 Å². The van der Waals surface area contributed by atoms with Crippen LogP contribution < -0.4 is 5.30 Å². The molecular formula is C19H22N2O7P+. The van der Waals surface area contributed by atoms with E-state index in [1.54, 1.807) is 19.9 Å². The van der Waals surface area contributed by atoms with Crippen molar-refractivity contribution in [2.75, 3.05) is 20.3 Å². The zero-order chi connectivity index (χ0) is 21.3. The number of carbonyl (C=O) groups excluding carboxylic acids is 1.